The van der Waals surface area contributed by atoms with E-state index in [9.17, 15) is 5.11 Å². The van der Waals surface area contributed by atoms with Crippen molar-refractivity contribution in [3.8, 4) is 0 Å². The molecule has 2 unspecified atom stereocenters. The van der Waals surface area contributed by atoms with E-state index in [1.165, 1.54) is 29.5 Å². The number of benzene rings is 1. The summed E-state index contributed by atoms with van der Waals surface area (Å²) in [6.07, 6.45) is 3.48. The lowest BCUT2D eigenvalue weighted by atomic mass is 9.90. The zero-order valence-electron chi connectivity index (χ0n) is 10.2. The topological polar surface area (TPSA) is 32.3 Å². The molecule has 2 atom stereocenters. The van der Waals surface area contributed by atoms with Crippen LogP contribution >= 0.6 is 0 Å². The van der Waals surface area contributed by atoms with Crippen LogP contribution in [0.4, 0.5) is 0 Å². The van der Waals surface area contributed by atoms with E-state index in [-0.39, 0.29) is 12.6 Å². The third-order valence-corrected chi connectivity index (χ3v) is 3.51. The van der Waals surface area contributed by atoms with Gasteiger partial charge in [-0.2, -0.15) is 0 Å². The average molecular weight is 219 g/mol. The SMILES string of the molecule is Cc1ccc(C)c(C2CCCC(CO)N2)c1. The Morgan fingerprint density at radius 3 is 2.88 bits per heavy atom. The van der Waals surface area contributed by atoms with Gasteiger partial charge in [0.25, 0.3) is 0 Å². The van der Waals surface area contributed by atoms with Crippen molar-refractivity contribution in [2.24, 2.45) is 0 Å². The van der Waals surface area contributed by atoms with Crippen molar-refractivity contribution < 1.29 is 5.11 Å². The monoisotopic (exact) mass is 219 g/mol. The molecule has 1 aromatic rings. The predicted molar refractivity (Wildman–Crippen MR) is 66.5 cm³/mol. The molecule has 0 aromatic heterocycles. The maximum Gasteiger partial charge on any atom is 0.0584 e. The van der Waals surface area contributed by atoms with Crippen LogP contribution in [-0.4, -0.2) is 17.8 Å². The van der Waals surface area contributed by atoms with Crippen LogP contribution in [0.3, 0.4) is 0 Å². The molecular formula is C14H21NO. The Bertz CT molecular complexity index is 362. The Morgan fingerprint density at radius 2 is 2.12 bits per heavy atom. The number of nitrogens with one attached hydrogen (secondary N) is 1. The van der Waals surface area contributed by atoms with Crippen molar-refractivity contribution in [3.63, 3.8) is 0 Å². The lowest BCUT2D eigenvalue weighted by Crippen LogP contribution is -2.39. The second kappa shape index (κ2) is 4.98. The number of aryl methyl sites for hydroxylation is 2. The van der Waals surface area contributed by atoms with E-state index in [2.05, 4.69) is 37.4 Å². The van der Waals surface area contributed by atoms with Gasteiger partial charge in [-0.3, -0.25) is 0 Å². The van der Waals surface area contributed by atoms with Crippen LogP contribution in [-0.2, 0) is 0 Å². The number of rotatable bonds is 2. The van der Waals surface area contributed by atoms with E-state index in [1.54, 1.807) is 0 Å². The molecule has 88 valence electrons. The first kappa shape index (κ1) is 11.6. The van der Waals surface area contributed by atoms with Gasteiger partial charge in [-0.05, 0) is 44.2 Å². The van der Waals surface area contributed by atoms with Crippen molar-refractivity contribution in [3.05, 3.63) is 34.9 Å². The predicted octanol–water partition coefficient (Wildman–Crippen LogP) is 2.48. The van der Waals surface area contributed by atoms with Crippen LogP contribution < -0.4 is 5.32 Å². The molecule has 1 saturated heterocycles. The molecule has 1 aliphatic rings. The summed E-state index contributed by atoms with van der Waals surface area (Å²) in [5.74, 6) is 0. The summed E-state index contributed by atoms with van der Waals surface area (Å²) in [5.41, 5.74) is 4.06. The van der Waals surface area contributed by atoms with Crippen LogP contribution in [0.1, 0.15) is 42.0 Å². The number of hydrogen-bond acceptors (Lipinski definition) is 2. The molecule has 0 saturated carbocycles. The lowest BCUT2D eigenvalue weighted by Gasteiger charge is -2.31. The minimum absolute atomic E-state index is 0.251. The van der Waals surface area contributed by atoms with Gasteiger partial charge in [0, 0.05) is 12.1 Å². The summed E-state index contributed by atoms with van der Waals surface area (Å²) in [5, 5.41) is 12.8. The van der Waals surface area contributed by atoms with E-state index in [1.807, 2.05) is 0 Å². The number of piperidine rings is 1. The van der Waals surface area contributed by atoms with Gasteiger partial charge in [0.05, 0.1) is 6.61 Å². The Morgan fingerprint density at radius 1 is 1.31 bits per heavy atom. The molecule has 1 fully saturated rings. The summed E-state index contributed by atoms with van der Waals surface area (Å²) >= 11 is 0. The van der Waals surface area contributed by atoms with Crippen molar-refractivity contribution in [2.45, 2.75) is 45.2 Å². The second-order valence-electron chi connectivity index (χ2n) is 4.89. The summed E-state index contributed by atoms with van der Waals surface area (Å²) < 4.78 is 0. The van der Waals surface area contributed by atoms with Crippen molar-refractivity contribution in [1.82, 2.24) is 5.32 Å². The normalized spacial score (nSPS) is 25.7. The Labute approximate surface area is 97.7 Å². The highest BCUT2D eigenvalue weighted by molar-refractivity contribution is 5.33. The molecule has 1 heterocycles. The molecule has 2 nitrogen and oxygen atoms in total. The highest BCUT2D eigenvalue weighted by atomic mass is 16.3. The first-order valence-electron chi connectivity index (χ1n) is 6.15. The van der Waals surface area contributed by atoms with Gasteiger partial charge >= 0.3 is 0 Å². The van der Waals surface area contributed by atoms with Gasteiger partial charge < -0.3 is 10.4 Å². The fourth-order valence-corrected chi connectivity index (χ4v) is 2.54. The molecule has 2 rings (SSSR count). The molecular weight excluding hydrogens is 198 g/mol. The molecule has 1 aromatic carbocycles. The Balaban J connectivity index is 2.19. The van der Waals surface area contributed by atoms with E-state index in [0.717, 1.165) is 6.42 Å². The van der Waals surface area contributed by atoms with Crippen molar-refractivity contribution >= 4 is 0 Å². The third kappa shape index (κ3) is 2.45. The first-order chi connectivity index (χ1) is 7.70. The van der Waals surface area contributed by atoms with Gasteiger partial charge in [-0.1, -0.05) is 23.8 Å². The highest BCUT2D eigenvalue weighted by Gasteiger charge is 2.22. The maximum atomic E-state index is 9.22. The third-order valence-electron chi connectivity index (χ3n) is 3.51. The number of aliphatic hydroxyl groups is 1. The van der Waals surface area contributed by atoms with Gasteiger partial charge in [0.1, 0.15) is 0 Å². The van der Waals surface area contributed by atoms with Crippen LogP contribution in [0.25, 0.3) is 0 Å². The fourth-order valence-electron chi connectivity index (χ4n) is 2.54. The lowest BCUT2D eigenvalue weighted by molar-refractivity contribution is 0.198. The maximum absolute atomic E-state index is 9.22. The van der Waals surface area contributed by atoms with Gasteiger partial charge in [0.15, 0.2) is 0 Å². The van der Waals surface area contributed by atoms with E-state index >= 15 is 0 Å². The minimum atomic E-state index is 0.251. The molecule has 2 heteroatoms. The largest absolute Gasteiger partial charge is 0.395 e. The first-order valence-corrected chi connectivity index (χ1v) is 6.15. The molecule has 2 N–H and O–H groups in total. The average Bonchev–Trinajstić information content (AvgIpc) is 2.32. The molecule has 0 spiro atoms. The molecule has 1 aliphatic heterocycles. The molecule has 0 bridgehead atoms. The van der Waals surface area contributed by atoms with Crippen molar-refractivity contribution in [2.75, 3.05) is 6.61 Å². The molecule has 0 aliphatic carbocycles. The second-order valence-corrected chi connectivity index (χ2v) is 4.89. The zero-order chi connectivity index (χ0) is 11.5. The van der Waals surface area contributed by atoms with E-state index in [4.69, 9.17) is 0 Å². The van der Waals surface area contributed by atoms with E-state index < -0.39 is 0 Å². The number of hydrogen-bond donors (Lipinski definition) is 2. The standard InChI is InChI=1S/C14H21NO/c1-10-6-7-11(2)13(8-10)14-5-3-4-12(9-16)15-14/h6-8,12,14-16H,3-5,9H2,1-2H3. The van der Waals surface area contributed by atoms with Crippen LogP contribution in [0, 0.1) is 13.8 Å². The Kier molecular flexibility index (Phi) is 3.62. The molecule has 0 radical (unpaired) electrons. The molecule has 16 heavy (non-hydrogen) atoms. The van der Waals surface area contributed by atoms with Crippen molar-refractivity contribution in [1.29, 1.82) is 0 Å². The number of aliphatic hydroxyl groups excluding tert-OH is 1. The Hall–Kier alpha value is -0.860. The summed E-state index contributed by atoms with van der Waals surface area (Å²) in [6, 6.07) is 7.32. The van der Waals surface area contributed by atoms with E-state index in [0.29, 0.717) is 6.04 Å². The highest BCUT2D eigenvalue weighted by Crippen LogP contribution is 2.28. The summed E-state index contributed by atoms with van der Waals surface area (Å²) in [7, 11) is 0. The van der Waals surface area contributed by atoms with Gasteiger partial charge in [-0.15, -0.1) is 0 Å². The van der Waals surface area contributed by atoms with Crippen LogP contribution in [0.5, 0.6) is 0 Å². The fraction of sp³-hybridized carbons (Fsp3) is 0.571. The van der Waals surface area contributed by atoms with Crippen LogP contribution in [0.15, 0.2) is 18.2 Å². The summed E-state index contributed by atoms with van der Waals surface area (Å²) in [6.45, 7) is 4.55. The quantitative estimate of drug-likeness (QED) is 0.801. The van der Waals surface area contributed by atoms with Crippen LogP contribution in [0.2, 0.25) is 0 Å². The zero-order valence-corrected chi connectivity index (χ0v) is 10.2. The summed E-state index contributed by atoms with van der Waals surface area (Å²) in [4.78, 5) is 0. The molecule has 0 amide bonds. The van der Waals surface area contributed by atoms with Gasteiger partial charge in [0.2, 0.25) is 0 Å². The smallest absolute Gasteiger partial charge is 0.0584 e. The minimum Gasteiger partial charge on any atom is -0.395 e. The van der Waals surface area contributed by atoms with Gasteiger partial charge in [-0.25, -0.2) is 0 Å².